The van der Waals surface area contributed by atoms with Gasteiger partial charge in [-0.2, -0.15) is 5.10 Å². The van der Waals surface area contributed by atoms with Crippen molar-refractivity contribution in [2.24, 2.45) is 5.10 Å². The molecule has 0 radical (unpaired) electrons. The van der Waals surface area contributed by atoms with Crippen LogP contribution in [-0.2, 0) is 11.2 Å². The van der Waals surface area contributed by atoms with Crippen LogP contribution in [0.5, 0.6) is 11.5 Å². The van der Waals surface area contributed by atoms with Crippen molar-refractivity contribution >= 4 is 39.4 Å². The molecule has 2 rings (SSSR count). The van der Waals surface area contributed by atoms with E-state index in [2.05, 4.69) is 26.5 Å². The molecule has 110 valence electrons. The van der Waals surface area contributed by atoms with E-state index in [9.17, 15) is 9.90 Å². The first kappa shape index (κ1) is 15.5. The molecule has 1 heterocycles. The topological polar surface area (TPSA) is 70.9 Å². The minimum Gasteiger partial charge on any atom is -0.503 e. The minimum atomic E-state index is -0.182. The summed E-state index contributed by atoms with van der Waals surface area (Å²) in [6, 6.07) is 7.09. The quantitative estimate of drug-likeness (QED) is 0.629. The number of thiophene rings is 1. The maximum atomic E-state index is 11.7. The lowest BCUT2D eigenvalue weighted by molar-refractivity contribution is -0.120. The number of nitrogens with one attached hydrogen (secondary N) is 1. The molecule has 0 spiro atoms. The zero-order valence-corrected chi connectivity index (χ0v) is 13.6. The number of amides is 1. The molecule has 5 nitrogen and oxygen atoms in total. The first-order chi connectivity index (χ1) is 10.1. The molecule has 7 heteroatoms. The van der Waals surface area contributed by atoms with E-state index >= 15 is 0 Å². The second kappa shape index (κ2) is 7.24. The highest BCUT2D eigenvalue weighted by atomic mass is 79.9. The molecule has 1 aromatic carbocycles. The zero-order valence-electron chi connectivity index (χ0n) is 11.2. The number of aromatic hydroxyl groups is 1. The number of carbonyl (C=O) groups is 1. The SMILES string of the molecule is COc1cc(/C=N\NC(=O)Cc2cccs2)cc(Br)c1O. The first-order valence-electron chi connectivity index (χ1n) is 6.01. The molecule has 0 aliphatic heterocycles. The number of hydrazone groups is 1. The van der Waals surface area contributed by atoms with Crippen LogP contribution in [0.25, 0.3) is 0 Å². The van der Waals surface area contributed by atoms with Crippen molar-refractivity contribution in [1.82, 2.24) is 5.43 Å². The molecule has 1 aromatic heterocycles. The number of benzene rings is 1. The van der Waals surface area contributed by atoms with Crippen molar-refractivity contribution in [2.75, 3.05) is 7.11 Å². The number of hydrogen-bond donors (Lipinski definition) is 2. The lowest BCUT2D eigenvalue weighted by Crippen LogP contribution is -2.19. The number of hydrogen-bond acceptors (Lipinski definition) is 5. The van der Waals surface area contributed by atoms with Crippen molar-refractivity contribution < 1.29 is 14.6 Å². The number of rotatable bonds is 5. The van der Waals surface area contributed by atoms with Gasteiger partial charge in [-0.1, -0.05) is 6.07 Å². The highest BCUT2D eigenvalue weighted by Crippen LogP contribution is 2.34. The minimum absolute atomic E-state index is 0.0244. The van der Waals surface area contributed by atoms with Crippen molar-refractivity contribution in [2.45, 2.75) is 6.42 Å². The summed E-state index contributed by atoms with van der Waals surface area (Å²) in [5.41, 5.74) is 3.15. The number of nitrogens with zero attached hydrogens (tertiary/aromatic N) is 1. The summed E-state index contributed by atoms with van der Waals surface area (Å²) in [7, 11) is 1.46. The molecule has 0 aliphatic rings. The Labute approximate surface area is 134 Å². The summed E-state index contributed by atoms with van der Waals surface area (Å²) >= 11 is 4.75. The summed E-state index contributed by atoms with van der Waals surface area (Å²) in [6.45, 7) is 0. The van der Waals surface area contributed by atoms with Gasteiger partial charge < -0.3 is 9.84 Å². The van der Waals surface area contributed by atoms with Crippen LogP contribution in [-0.4, -0.2) is 24.3 Å². The molecular weight excluding hydrogens is 356 g/mol. The number of phenolic OH excluding ortho intramolecular Hbond substituents is 1. The van der Waals surface area contributed by atoms with Gasteiger partial charge >= 0.3 is 0 Å². The van der Waals surface area contributed by atoms with Gasteiger partial charge in [0, 0.05) is 4.88 Å². The average molecular weight is 369 g/mol. The van der Waals surface area contributed by atoms with E-state index in [4.69, 9.17) is 4.74 Å². The molecular formula is C14H13BrN2O3S. The van der Waals surface area contributed by atoms with Crippen LogP contribution in [0.1, 0.15) is 10.4 Å². The van der Waals surface area contributed by atoms with Gasteiger partial charge in [0.25, 0.3) is 0 Å². The lowest BCUT2D eigenvalue weighted by atomic mass is 10.2. The Morgan fingerprint density at radius 2 is 2.38 bits per heavy atom. The normalized spacial score (nSPS) is 10.8. The van der Waals surface area contributed by atoms with Crippen molar-refractivity contribution in [3.63, 3.8) is 0 Å². The molecule has 0 bridgehead atoms. The largest absolute Gasteiger partial charge is 0.503 e. The van der Waals surface area contributed by atoms with Crippen LogP contribution in [0.2, 0.25) is 0 Å². The van der Waals surface area contributed by atoms with Gasteiger partial charge in [0.2, 0.25) is 5.91 Å². The Balaban J connectivity index is 1.98. The molecule has 0 saturated carbocycles. The van der Waals surface area contributed by atoms with Crippen molar-refractivity contribution in [1.29, 1.82) is 0 Å². The fourth-order valence-corrected chi connectivity index (χ4v) is 2.78. The van der Waals surface area contributed by atoms with Crippen LogP contribution in [0.15, 0.2) is 39.2 Å². The van der Waals surface area contributed by atoms with Gasteiger partial charge in [0.15, 0.2) is 11.5 Å². The highest BCUT2D eigenvalue weighted by Gasteiger charge is 2.07. The van der Waals surface area contributed by atoms with Gasteiger partial charge in [-0.15, -0.1) is 11.3 Å². The number of methoxy groups -OCH3 is 1. The van der Waals surface area contributed by atoms with Crippen LogP contribution in [0, 0.1) is 0 Å². The number of phenols is 1. The Morgan fingerprint density at radius 3 is 3.05 bits per heavy atom. The molecule has 0 unspecified atom stereocenters. The number of halogens is 1. The summed E-state index contributed by atoms with van der Waals surface area (Å²) < 4.78 is 5.53. The van der Waals surface area contributed by atoms with Crippen molar-refractivity contribution in [3.8, 4) is 11.5 Å². The maximum Gasteiger partial charge on any atom is 0.245 e. The fourth-order valence-electron chi connectivity index (χ4n) is 1.61. The fraction of sp³-hybridized carbons (Fsp3) is 0.143. The van der Waals surface area contributed by atoms with Crippen LogP contribution in [0.3, 0.4) is 0 Å². The van der Waals surface area contributed by atoms with E-state index in [1.807, 2.05) is 17.5 Å². The summed E-state index contributed by atoms with van der Waals surface area (Å²) in [4.78, 5) is 12.6. The van der Waals surface area contributed by atoms with Crippen molar-refractivity contribution in [3.05, 3.63) is 44.6 Å². The highest BCUT2D eigenvalue weighted by molar-refractivity contribution is 9.10. The van der Waals surface area contributed by atoms with E-state index in [-0.39, 0.29) is 11.7 Å². The van der Waals surface area contributed by atoms with Crippen LogP contribution >= 0.6 is 27.3 Å². The summed E-state index contributed by atoms with van der Waals surface area (Å²) in [6.07, 6.45) is 1.79. The molecule has 0 atom stereocenters. The Kier molecular flexibility index (Phi) is 5.35. The average Bonchev–Trinajstić information content (AvgIpc) is 2.95. The molecule has 0 fully saturated rings. The predicted octanol–water partition coefficient (Wildman–Crippen LogP) is 2.92. The van der Waals surface area contributed by atoms with Gasteiger partial charge in [0.1, 0.15) is 0 Å². The summed E-state index contributed by atoms with van der Waals surface area (Å²) in [5.74, 6) is 0.172. The second-order valence-corrected chi connectivity index (χ2v) is 5.99. The third kappa shape index (κ3) is 4.30. The zero-order chi connectivity index (χ0) is 15.2. The predicted molar refractivity (Wildman–Crippen MR) is 86.1 cm³/mol. The van der Waals surface area contributed by atoms with E-state index in [1.54, 1.807) is 12.1 Å². The molecule has 21 heavy (non-hydrogen) atoms. The van der Waals surface area contributed by atoms with Crippen LogP contribution in [0.4, 0.5) is 0 Å². The smallest absolute Gasteiger partial charge is 0.245 e. The van der Waals surface area contributed by atoms with E-state index in [0.717, 1.165) is 4.88 Å². The van der Waals surface area contributed by atoms with E-state index in [1.165, 1.54) is 24.7 Å². The molecule has 1 amide bonds. The Bertz CT molecular complexity index is 656. The Morgan fingerprint density at radius 1 is 1.57 bits per heavy atom. The monoisotopic (exact) mass is 368 g/mol. The standard InChI is InChI=1S/C14H13BrN2O3S/c1-20-12-6-9(5-11(15)14(12)19)8-16-17-13(18)7-10-3-2-4-21-10/h2-6,8,19H,7H2,1H3,(H,17,18)/b16-8-. The van der Waals surface area contributed by atoms with Gasteiger partial charge in [-0.25, -0.2) is 5.43 Å². The van der Waals surface area contributed by atoms with Gasteiger partial charge in [0.05, 0.1) is 24.2 Å². The van der Waals surface area contributed by atoms with Gasteiger partial charge in [-0.3, -0.25) is 4.79 Å². The molecule has 2 aromatic rings. The maximum absolute atomic E-state index is 11.7. The van der Waals surface area contributed by atoms with E-state index in [0.29, 0.717) is 22.2 Å². The van der Waals surface area contributed by atoms with E-state index < -0.39 is 0 Å². The molecule has 2 N–H and O–H groups in total. The molecule has 0 saturated heterocycles. The van der Waals surface area contributed by atoms with Crippen LogP contribution < -0.4 is 10.2 Å². The Hall–Kier alpha value is -1.86. The van der Waals surface area contributed by atoms with Gasteiger partial charge in [-0.05, 0) is 45.1 Å². The third-order valence-corrected chi connectivity index (χ3v) is 4.07. The lowest BCUT2D eigenvalue weighted by Gasteiger charge is -2.06. The second-order valence-electron chi connectivity index (χ2n) is 4.10. The number of carbonyl (C=O) groups excluding carboxylic acids is 1. The number of ether oxygens (including phenoxy) is 1. The summed E-state index contributed by atoms with van der Waals surface area (Å²) in [5, 5.41) is 15.5. The molecule has 0 aliphatic carbocycles. The first-order valence-corrected chi connectivity index (χ1v) is 7.68. The third-order valence-electron chi connectivity index (χ3n) is 2.59.